The van der Waals surface area contributed by atoms with E-state index in [4.69, 9.17) is 4.74 Å². The number of rotatable bonds is 5. The Morgan fingerprint density at radius 1 is 1.56 bits per heavy atom. The predicted molar refractivity (Wildman–Crippen MR) is 60.5 cm³/mol. The van der Waals surface area contributed by atoms with Crippen LogP contribution in [0.15, 0.2) is 12.3 Å². The van der Waals surface area contributed by atoms with Gasteiger partial charge in [0, 0.05) is 12.3 Å². The number of ether oxygens (including phenoxy) is 1. The molecule has 0 spiro atoms. The van der Waals surface area contributed by atoms with Crippen LogP contribution in [0.3, 0.4) is 0 Å². The fraction of sp³-hybridized carbons (Fsp3) is 0.636. The highest BCUT2D eigenvalue weighted by Crippen LogP contribution is 2.37. The third-order valence-electron chi connectivity index (χ3n) is 2.52. The Bertz CT molecular complexity index is 364. The zero-order valence-corrected chi connectivity index (χ0v) is 9.60. The third kappa shape index (κ3) is 2.61. The highest BCUT2D eigenvalue weighted by atomic mass is 16.5. The molecule has 1 aliphatic rings. The van der Waals surface area contributed by atoms with Gasteiger partial charge < -0.3 is 15.2 Å². The molecule has 1 aromatic heterocycles. The highest BCUT2D eigenvalue weighted by molar-refractivity contribution is 5.35. The van der Waals surface area contributed by atoms with Crippen molar-refractivity contribution in [3.63, 3.8) is 0 Å². The summed E-state index contributed by atoms with van der Waals surface area (Å²) in [5.41, 5.74) is -0.198. The molecule has 16 heavy (non-hydrogen) atoms. The van der Waals surface area contributed by atoms with Crippen molar-refractivity contribution in [1.82, 2.24) is 9.97 Å². The molecule has 1 heterocycles. The summed E-state index contributed by atoms with van der Waals surface area (Å²) in [6.45, 7) is 4.02. The van der Waals surface area contributed by atoms with Crippen LogP contribution in [0.25, 0.3) is 0 Å². The van der Waals surface area contributed by atoms with Crippen LogP contribution in [-0.4, -0.2) is 33.3 Å². The van der Waals surface area contributed by atoms with Crippen molar-refractivity contribution < 1.29 is 9.84 Å². The third-order valence-corrected chi connectivity index (χ3v) is 2.52. The average molecular weight is 223 g/mol. The molecule has 0 amide bonds. The molecular weight excluding hydrogens is 206 g/mol. The Balaban J connectivity index is 2.04. The Morgan fingerprint density at radius 3 is 2.88 bits per heavy atom. The summed E-state index contributed by atoms with van der Waals surface area (Å²) in [6.07, 6.45) is 3.67. The molecule has 88 valence electrons. The van der Waals surface area contributed by atoms with Crippen molar-refractivity contribution in [3.05, 3.63) is 12.3 Å². The number of aliphatic hydroxyl groups is 1. The Hall–Kier alpha value is -1.36. The zero-order valence-electron chi connectivity index (χ0n) is 9.60. The van der Waals surface area contributed by atoms with Gasteiger partial charge in [-0.2, -0.15) is 4.98 Å². The minimum Gasteiger partial charge on any atom is -0.475 e. The second-order valence-electron chi connectivity index (χ2n) is 4.45. The van der Waals surface area contributed by atoms with Gasteiger partial charge in [0.05, 0.1) is 18.2 Å². The molecule has 2 N–H and O–H groups in total. The van der Waals surface area contributed by atoms with E-state index >= 15 is 0 Å². The summed E-state index contributed by atoms with van der Waals surface area (Å²) in [5.74, 6) is 1.07. The van der Waals surface area contributed by atoms with Crippen LogP contribution >= 0.6 is 0 Å². The van der Waals surface area contributed by atoms with Gasteiger partial charge in [-0.25, -0.2) is 4.98 Å². The van der Waals surface area contributed by atoms with Gasteiger partial charge in [-0.3, -0.25) is 0 Å². The molecule has 1 aliphatic carbocycles. The van der Waals surface area contributed by atoms with Gasteiger partial charge in [-0.15, -0.1) is 0 Å². The van der Waals surface area contributed by atoms with Gasteiger partial charge in [-0.05, 0) is 26.7 Å². The van der Waals surface area contributed by atoms with Crippen molar-refractivity contribution in [2.75, 3.05) is 11.9 Å². The Labute approximate surface area is 94.9 Å². The summed E-state index contributed by atoms with van der Waals surface area (Å²) in [5, 5.41) is 12.3. The molecular formula is C11H17N3O2. The molecule has 0 unspecified atom stereocenters. The van der Waals surface area contributed by atoms with E-state index in [2.05, 4.69) is 15.3 Å². The van der Waals surface area contributed by atoms with Crippen molar-refractivity contribution in [3.8, 4) is 5.88 Å². The van der Waals surface area contributed by atoms with Crippen molar-refractivity contribution in [2.45, 2.75) is 38.3 Å². The van der Waals surface area contributed by atoms with Crippen molar-refractivity contribution in [1.29, 1.82) is 0 Å². The lowest BCUT2D eigenvalue weighted by molar-refractivity contribution is 0.232. The summed E-state index contributed by atoms with van der Waals surface area (Å²) < 4.78 is 5.47. The SMILES string of the molecule is CC(C)Oc1ccnc(NC2(CO)CC2)n1. The van der Waals surface area contributed by atoms with E-state index < -0.39 is 0 Å². The molecule has 1 aromatic rings. The van der Waals surface area contributed by atoms with Gasteiger partial charge in [0.15, 0.2) is 0 Å². The van der Waals surface area contributed by atoms with Gasteiger partial charge in [0.1, 0.15) is 0 Å². The van der Waals surface area contributed by atoms with Crippen LogP contribution in [-0.2, 0) is 0 Å². The first-order chi connectivity index (χ1) is 7.63. The molecule has 5 nitrogen and oxygen atoms in total. The van der Waals surface area contributed by atoms with Crippen LogP contribution in [0.4, 0.5) is 5.95 Å². The lowest BCUT2D eigenvalue weighted by atomic mass is 10.3. The van der Waals surface area contributed by atoms with E-state index in [0.717, 1.165) is 12.8 Å². The molecule has 0 bridgehead atoms. The molecule has 2 rings (SSSR count). The van der Waals surface area contributed by atoms with Crippen molar-refractivity contribution >= 4 is 5.95 Å². The number of hydrogen-bond donors (Lipinski definition) is 2. The van der Waals surface area contributed by atoms with Gasteiger partial charge in [-0.1, -0.05) is 0 Å². The minimum atomic E-state index is -0.198. The van der Waals surface area contributed by atoms with Crippen LogP contribution < -0.4 is 10.1 Å². The average Bonchev–Trinajstić information content (AvgIpc) is 2.98. The number of nitrogens with one attached hydrogen (secondary N) is 1. The monoisotopic (exact) mass is 223 g/mol. The van der Waals surface area contributed by atoms with Crippen LogP contribution in [0.2, 0.25) is 0 Å². The molecule has 0 saturated heterocycles. The smallest absolute Gasteiger partial charge is 0.226 e. The van der Waals surface area contributed by atoms with E-state index in [9.17, 15) is 5.11 Å². The zero-order chi connectivity index (χ0) is 11.6. The van der Waals surface area contributed by atoms with E-state index in [1.807, 2.05) is 13.8 Å². The Kier molecular flexibility index (Phi) is 2.96. The number of anilines is 1. The molecule has 0 aliphatic heterocycles. The van der Waals surface area contributed by atoms with Crippen LogP contribution in [0, 0.1) is 0 Å². The number of aliphatic hydroxyl groups excluding tert-OH is 1. The lowest BCUT2D eigenvalue weighted by Gasteiger charge is -2.15. The quantitative estimate of drug-likeness (QED) is 0.785. The topological polar surface area (TPSA) is 67.3 Å². The van der Waals surface area contributed by atoms with E-state index in [1.165, 1.54) is 0 Å². The maximum Gasteiger partial charge on any atom is 0.226 e. The lowest BCUT2D eigenvalue weighted by Crippen LogP contribution is -2.26. The molecule has 0 atom stereocenters. The Morgan fingerprint density at radius 2 is 2.31 bits per heavy atom. The standard InChI is InChI=1S/C11H17N3O2/c1-8(2)16-9-3-6-12-10(13-9)14-11(7-15)4-5-11/h3,6,8,15H,4-5,7H2,1-2H3,(H,12,13,14). The molecule has 1 fully saturated rings. The summed E-state index contributed by atoms with van der Waals surface area (Å²) >= 11 is 0. The largest absolute Gasteiger partial charge is 0.475 e. The normalized spacial score (nSPS) is 17.2. The first kappa shape index (κ1) is 11.1. The summed E-state index contributed by atoms with van der Waals surface area (Å²) in [7, 11) is 0. The maximum absolute atomic E-state index is 9.18. The number of hydrogen-bond acceptors (Lipinski definition) is 5. The number of aromatic nitrogens is 2. The van der Waals surface area contributed by atoms with Crippen LogP contribution in [0.1, 0.15) is 26.7 Å². The predicted octanol–water partition coefficient (Wildman–Crippen LogP) is 1.20. The summed E-state index contributed by atoms with van der Waals surface area (Å²) in [4.78, 5) is 8.34. The molecule has 5 heteroatoms. The van der Waals surface area contributed by atoms with E-state index in [1.54, 1.807) is 12.3 Å². The fourth-order valence-electron chi connectivity index (χ4n) is 1.42. The van der Waals surface area contributed by atoms with Crippen LogP contribution in [0.5, 0.6) is 5.88 Å². The summed E-state index contributed by atoms with van der Waals surface area (Å²) in [6, 6.07) is 1.73. The fourth-order valence-corrected chi connectivity index (χ4v) is 1.42. The second-order valence-corrected chi connectivity index (χ2v) is 4.45. The van der Waals surface area contributed by atoms with Gasteiger partial charge >= 0.3 is 0 Å². The van der Waals surface area contributed by atoms with Crippen molar-refractivity contribution in [2.24, 2.45) is 0 Å². The first-order valence-electron chi connectivity index (χ1n) is 5.52. The highest BCUT2D eigenvalue weighted by Gasteiger charge is 2.42. The molecule has 0 aromatic carbocycles. The van der Waals surface area contributed by atoms with Gasteiger partial charge in [0.2, 0.25) is 11.8 Å². The first-order valence-corrected chi connectivity index (χ1v) is 5.52. The molecule has 1 saturated carbocycles. The second kappa shape index (κ2) is 4.25. The van der Waals surface area contributed by atoms with E-state index in [-0.39, 0.29) is 18.2 Å². The minimum absolute atomic E-state index is 0.0930. The van der Waals surface area contributed by atoms with E-state index in [0.29, 0.717) is 11.8 Å². The number of nitrogens with zero attached hydrogens (tertiary/aromatic N) is 2. The molecule has 0 radical (unpaired) electrons. The van der Waals surface area contributed by atoms with Gasteiger partial charge in [0.25, 0.3) is 0 Å². The maximum atomic E-state index is 9.18.